The maximum atomic E-state index is 13.4. The lowest BCUT2D eigenvalue weighted by Crippen LogP contribution is -2.46. The van der Waals surface area contributed by atoms with Crippen LogP contribution in [0.25, 0.3) is 11.1 Å². The number of morpholine rings is 1. The average Bonchev–Trinajstić information content (AvgIpc) is 3.24. The summed E-state index contributed by atoms with van der Waals surface area (Å²) in [6, 6.07) is 35.2. The first-order valence-electron chi connectivity index (χ1n) is 19.4. The Hall–Kier alpha value is -4.43. The summed E-state index contributed by atoms with van der Waals surface area (Å²) in [6.07, 6.45) is 2.37. The first-order chi connectivity index (χ1) is 27.7. The molecule has 57 heavy (non-hydrogen) atoms. The van der Waals surface area contributed by atoms with Crippen LogP contribution in [0.15, 0.2) is 125 Å². The number of halogens is 1. The normalized spacial score (nSPS) is 15.9. The smallest absolute Gasteiger partial charge is 0.266 e. The molecule has 13 heteroatoms. The molecule has 4 aromatic carbocycles. The van der Waals surface area contributed by atoms with Gasteiger partial charge in [-0.15, -0.1) is 11.8 Å². The lowest BCUT2D eigenvalue weighted by Gasteiger charge is -2.35. The van der Waals surface area contributed by atoms with Gasteiger partial charge >= 0.3 is 0 Å². The molecule has 3 heterocycles. The summed E-state index contributed by atoms with van der Waals surface area (Å²) in [6.45, 7) is 10.3. The number of pyridine rings is 1. The van der Waals surface area contributed by atoms with Gasteiger partial charge in [0.25, 0.3) is 15.9 Å². The van der Waals surface area contributed by atoms with E-state index in [-0.39, 0.29) is 16.5 Å². The fourth-order valence-corrected chi connectivity index (χ4v) is 9.33. The van der Waals surface area contributed by atoms with E-state index in [1.54, 1.807) is 42.1 Å². The summed E-state index contributed by atoms with van der Waals surface area (Å²) in [5, 5.41) is 4.40. The maximum Gasteiger partial charge on any atom is 0.266 e. The van der Waals surface area contributed by atoms with Crippen LogP contribution in [0.1, 0.15) is 27.9 Å². The van der Waals surface area contributed by atoms with Gasteiger partial charge in [0.05, 0.1) is 23.7 Å². The number of hydrogen-bond acceptors (Lipinski definition) is 10. The number of ether oxygens (including phenoxy) is 1. The average molecular weight is 826 g/mol. The topological polar surface area (TPSA) is 107 Å². The van der Waals surface area contributed by atoms with Gasteiger partial charge in [0, 0.05) is 86.0 Å². The highest BCUT2D eigenvalue weighted by Crippen LogP contribution is 2.28. The van der Waals surface area contributed by atoms with Crippen LogP contribution in [0.4, 0.5) is 11.5 Å². The number of amides is 1. The molecule has 2 aliphatic heterocycles. The third-order valence-electron chi connectivity index (χ3n) is 10.5. The zero-order valence-electron chi connectivity index (χ0n) is 32.1. The van der Waals surface area contributed by atoms with Gasteiger partial charge in [0.1, 0.15) is 5.82 Å². The number of nitrogens with one attached hydrogen (secondary N) is 2. The third kappa shape index (κ3) is 11.2. The molecule has 0 bridgehead atoms. The van der Waals surface area contributed by atoms with Crippen LogP contribution in [0, 0.1) is 6.92 Å². The van der Waals surface area contributed by atoms with Crippen LogP contribution < -0.4 is 14.9 Å². The van der Waals surface area contributed by atoms with E-state index in [0.717, 1.165) is 105 Å². The van der Waals surface area contributed by atoms with Crippen LogP contribution in [0.5, 0.6) is 0 Å². The number of hydrogen-bond donors (Lipinski definition) is 2. The van der Waals surface area contributed by atoms with Gasteiger partial charge in [0.2, 0.25) is 0 Å². The van der Waals surface area contributed by atoms with E-state index >= 15 is 0 Å². The van der Waals surface area contributed by atoms with Gasteiger partial charge in [-0.25, -0.2) is 18.1 Å². The molecule has 1 aromatic heterocycles. The molecule has 5 aromatic rings. The van der Waals surface area contributed by atoms with Crippen LogP contribution in [-0.2, 0) is 21.3 Å². The van der Waals surface area contributed by atoms with Crippen molar-refractivity contribution in [2.45, 2.75) is 35.7 Å². The number of anilines is 2. The Morgan fingerprint density at radius 1 is 0.860 bits per heavy atom. The van der Waals surface area contributed by atoms with E-state index in [1.807, 2.05) is 37.3 Å². The molecule has 7 rings (SSSR count). The summed E-state index contributed by atoms with van der Waals surface area (Å²) in [4.78, 5) is 26.0. The van der Waals surface area contributed by atoms with E-state index in [4.69, 9.17) is 16.3 Å². The number of carbonyl (C=O) groups excluding carboxylic acids is 1. The van der Waals surface area contributed by atoms with Gasteiger partial charge in [-0.3, -0.25) is 14.6 Å². The number of aryl methyl sites for hydroxylation is 1. The Morgan fingerprint density at radius 3 is 2.32 bits per heavy atom. The maximum absolute atomic E-state index is 13.4. The number of nitrogens with zero attached hydrogens (tertiary/aromatic N) is 4. The monoisotopic (exact) mass is 824 g/mol. The van der Waals surface area contributed by atoms with Crippen molar-refractivity contribution in [3.05, 3.63) is 137 Å². The standard InChI is InChI=1S/C44H49ClN6O4S2/c1-33-29-40(16-17-42(33)47-38(19-20-49-25-27-55-28-26-49)32-56-39-8-3-2-4-9-39)57(53,54)48-44(52)35-13-18-43(46-30-35)51-23-21-50(22-24-51)31-36-7-5-6-10-41(36)34-11-14-37(45)15-12-34/h2-18,29-30,38,47H,19-28,31-32H2,1H3,(H,48,52)/t38-/m1/s1. The van der Waals surface area contributed by atoms with Crippen molar-refractivity contribution in [1.82, 2.24) is 19.5 Å². The number of thioether (sulfide) groups is 1. The molecule has 1 amide bonds. The molecule has 298 valence electrons. The van der Waals surface area contributed by atoms with Crippen LogP contribution in [0.2, 0.25) is 5.02 Å². The Kier molecular flexibility index (Phi) is 13.8. The Labute approximate surface area is 345 Å². The molecular formula is C44H49ClN6O4S2. The van der Waals surface area contributed by atoms with Gasteiger partial charge in [-0.1, -0.05) is 66.2 Å². The zero-order chi connectivity index (χ0) is 39.6. The SMILES string of the molecule is Cc1cc(S(=O)(=O)NC(=O)c2ccc(N3CCN(Cc4ccccc4-c4ccc(Cl)cc4)CC3)nc2)ccc1N[C@H](CCN1CCOCC1)CSc1ccccc1. The van der Waals surface area contributed by atoms with Crippen LogP contribution >= 0.6 is 23.4 Å². The van der Waals surface area contributed by atoms with E-state index in [9.17, 15) is 13.2 Å². The minimum Gasteiger partial charge on any atom is -0.381 e. The highest BCUT2D eigenvalue weighted by Gasteiger charge is 2.23. The predicted octanol–water partition coefficient (Wildman–Crippen LogP) is 7.45. The molecule has 2 fully saturated rings. The van der Waals surface area contributed by atoms with Crippen molar-refractivity contribution in [2.24, 2.45) is 0 Å². The van der Waals surface area contributed by atoms with Crippen molar-refractivity contribution < 1.29 is 17.9 Å². The number of sulfonamides is 1. The van der Waals surface area contributed by atoms with Gasteiger partial charge in [-0.05, 0) is 90.2 Å². The van der Waals surface area contributed by atoms with Crippen molar-refractivity contribution in [1.29, 1.82) is 0 Å². The first kappa shape index (κ1) is 40.8. The minimum atomic E-state index is -4.13. The molecule has 0 saturated carbocycles. The number of aromatic nitrogens is 1. The van der Waals surface area contributed by atoms with Crippen LogP contribution in [-0.4, -0.2) is 99.9 Å². The quantitative estimate of drug-likeness (QED) is 0.104. The molecule has 0 unspecified atom stereocenters. The Balaban J connectivity index is 0.926. The second-order valence-corrected chi connectivity index (χ2v) is 17.7. The molecule has 1 atom stereocenters. The summed E-state index contributed by atoms with van der Waals surface area (Å²) in [5.41, 5.74) is 5.42. The second-order valence-electron chi connectivity index (χ2n) is 14.5. The van der Waals surface area contributed by atoms with E-state index in [2.05, 4.69) is 78.3 Å². The summed E-state index contributed by atoms with van der Waals surface area (Å²) >= 11 is 7.93. The Bertz CT molecular complexity index is 2200. The molecule has 0 spiro atoms. The Morgan fingerprint density at radius 2 is 1.60 bits per heavy atom. The van der Waals surface area contributed by atoms with Crippen LogP contribution in [0.3, 0.4) is 0 Å². The molecule has 2 N–H and O–H groups in total. The third-order valence-corrected chi connectivity index (χ3v) is 13.2. The van der Waals surface area contributed by atoms with Crippen molar-refractivity contribution in [3.63, 3.8) is 0 Å². The molecule has 0 radical (unpaired) electrons. The fraction of sp³-hybridized carbons (Fsp3) is 0.318. The van der Waals surface area contributed by atoms with Gasteiger partial charge in [-0.2, -0.15) is 0 Å². The zero-order valence-corrected chi connectivity index (χ0v) is 34.5. The fourth-order valence-electron chi connectivity index (χ4n) is 7.15. The van der Waals surface area contributed by atoms with Crippen molar-refractivity contribution in [2.75, 3.05) is 75.0 Å². The lowest BCUT2D eigenvalue weighted by molar-refractivity contribution is 0.0370. The molecular weight excluding hydrogens is 776 g/mol. The number of benzene rings is 4. The molecule has 2 saturated heterocycles. The summed E-state index contributed by atoms with van der Waals surface area (Å²) < 4.78 is 34.6. The number of piperazine rings is 1. The van der Waals surface area contributed by atoms with Crippen molar-refractivity contribution in [3.8, 4) is 11.1 Å². The highest BCUT2D eigenvalue weighted by molar-refractivity contribution is 7.99. The largest absolute Gasteiger partial charge is 0.381 e. The molecule has 0 aliphatic carbocycles. The summed E-state index contributed by atoms with van der Waals surface area (Å²) in [7, 11) is -4.13. The van der Waals surface area contributed by atoms with E-state index in [1.165, 1.54) is 22.2 Å². The number of carbonyl (C=O) groups is 1. The van der Waals surface area contributed by atoms with E-state index in [0.29, 0.717) is 0 Å². The predicted molar refractivity (Wildman–Crippen MR) is 231 cm³/mol. The summed E-state index contributed by atoms with van der Waals surface area (Å²) in [5.74, 6) is 0.882. The van der Waals surface area contributed by atoms with E-state index < -0.39 is 15.9 Å². The van der Waals surface area contributed by atoms with Gasteiger partial charge in [0.15, 0.2) is 0 Å². The number of rotatable bonds is 15. The second kappa shape index (κ2) is 19.3. The van der Waals surface area contributed by atoms with Crippen molar-refractivity contribution >= 4 is 50.8 Å². The first-order valence-corrected chi connectivity index (χ1v) is 22.2. The highest BCUT2D eigenvalue weighted by atomic mass is 35.5. The minimum absolute atomic E-state index is 0.0284. The van der Waals surface area contributed by atoms with Gasteiger partial charge < -0.3 is 15.0 Å². The lowest BCUT2D eigenvalue weighted by atomic mass is 9.99. The molecule has 2 aliphatic rings. The molecule has 10 nitrogen and oxygen atoms in total.